The molecule has 0 aliphatic carbocycles. The van der Waals surface area contributed by atoms with Crippen molar-refractivity contribution in [2.75, 3.05) is 31.8 Å². The molecule has 3 N–H and O–H groups in total. The summed E-state index contributed by atoms with van der Waals surface area (Å²) in [6.45, 7) is 1.69. The number of primary amides is 1. The fourth-order valence-corrected chi connectivity index (χ4v) is 3.75. The van der Waals surface area contributed by atoms with Crippen molar-refractivity contribution < 1.29 is 19.1 Å². The Morgan fingerprint density at radius 1 is 1.33 bits per heavy atom. The number of anilines is 1. The number of nitrogens with two attached hydrogens (primary N) is 1. The molecule has 1 aromatic carbocycles. The monoisotopic (exact) mass is 408 g/mol. The summed E-state index contributed by atoms with van der Waals surface area (Å²) in [5.41, 5.74) is 6.25. The van der Waals surface area contributed by atoms with Gasteiger partial charge in [0, 0.05) is 19.7 Å². The van der Waals surface area contributed by atoms with Crippen molar-refractivity contribution in [1.29, 1.82) is 0 Å². The van der Waals surface area contributed by atoms with Gasteiger partial charge in [-0.2, -0.15) is 0 Å². The number of ether oxygens (including phenoxy) is 1. The minimum absolute atomic E-state index is 0.107. The first-order valence-corrected chi connectivity index (χ1v) is 9.69. The van der Waals surface area contributed by atoms with E-state index < -0.39 is 5.91 Å². The molecule has 1 heterocycles. The first-order chi connectivity index (χ1) is 12.8. The minimum atomic E-state index is -0.414. The zero-order valence-electron chi connectivity index (χ0n) is 15.1. The lowest BCUT2D eigenvalue weighted by Crippen LogP contribution is -2.27. The SMILES string of the molecule is Cc1nc(NC(=O)c2cccc(OCC(=O)N(C)C)c2)sc1SCC(N)=O. The molecule has 2 aromatic rings. The number of rotatable bonds is 8. The van der Waals surface area contributed by atoms with Crippen LogP contribution in [0.4, 0.5) is 5.13 Å². The summed E-state index contributed by atoms with van der Waals surface area (Å²) >= 11 is 2.56. The van der Waals surface area contributed by atoms with E-state index in [1.807, 2.05) is 0 Å². The lowest BCUT2D eigenvalue weighted by atomic mass is 10.2. The predicted octanol–water partition coefficient (Wildman–Crippen LogP) is 1.75. The van der Waals surface area contributed by atoms with Crippen LogP contribution in [0.3, 0.4) is 0 Å². The summed E-state index contributed by atoms with van der Waals surface area (Å²) in [7, 11) is 3.28. The van der Waals surface area contributed by atoms with Gasteiger partial charge >= 0.3 is 0 Å². The quantitative estimate of drug-likeness (QED) is 0.643. The van der Waals surface area contributed by atoms with Crippen LogP contribution in [0.5, 0.6) is 5.75 Å². The molecule has 27 heavy (non-hydrogen) atoms. The van der Waals surface area contributed by atoms with Crippen molar-refractivity contribution in [3.63, 3.8) is 0 Å². The number of thiazole rings is 1. The number of carbonyl (C=O) groups is 3. The summed E-state index contributed by atoms with van der Waals surface area (Å²) in [5, 5.41) is 3.15. The Labute approximate surface area is 165 Å². The summed E-state index contributed by atoms with van der Waals surface area (Å²) in [4.78, 5) is 40.6. The molecule has 1 aromatic heterocycles. The molecule has 10 heteroatoms. The molecule has 0 spiro atoms. The minimum Gasteiger partial charge on any atom is -0.484 e. The maximum atomic E-state index is 12.4. The molecule has 8 nitrogen and oxygen atoms in total. The number of amides is 3. The average Bonchev–Trinajstić information content (AvgIpc) is 2.97. The van der Waals surface area contributed by atoms with E-state index in [0.717, 1.165) is 9.90 Å². The average molecular weight is 409 g/mol. The van der Waals surface area contributed by atoms with Crippen molar-refractivity contribution in [2.24, 2.45) is 5.73 Å². The van der Waals surface area contributed by atoms with E-state index >= 15 is 0 Å². The molecule has 0 saturated carbocycles. The molecule has 0 unspecified atom stereocenters. The summed E-state index contributed by atoms with van der Waals surface area (Å²) in [6.07, 6.45) is 0. The van der Waals surface area contributed by atoms with Gasteiger partial charge in [0.05, 0.1) is 15.7 Å². The van der Waals surface area contributed by atoms with Crippen LogP contribution in [0.15, 0.2) is 28.5 Å². The summed E-state index contributed by atoms with van der Waals surface area (Å²) < 4.78 is 6.24. The van der Waals surface area contributed by atoms with Crippen LogP contribution in [0, 0.1) is 6.92 Å². The number of aromatic nitrogens is 1. The van der Waals surface area contributed by atoms with E-state index in [4.69, 9.17) is 10.5 Å². The third-order valence-electron chi connectivity index (χ3n) is 3.28. The van der Waals surface area contributed by atoms with E-state index in [1.165, 1.54) is 28.0 Å². The predicted molar refractivity (Wildman–Crippen MR) is 105 cm³/mol. The molecular formula is C17H20N4O4S2. The van der Waals surface area contributed by atoms with E-state index in [-0.39, 0.29) is 24.2 Å². The van der Waals surface area contributed by atoms with Gasteiger partial charge in [-0.05, 0) is 25.1 Å². The fourth-order valence-electron chi connectivity index (χ4n) is 1.88. The van der Waals surface area contributed by atoms with Crippen molar-refractivity contribution in [2.45, 2.75) is 11.1 Å². The van der Waals surface area contributed by atoms with Gasteiger partial charge in [0.2, 0.25) is 5.91 Å². The Bertz CT molecular complexity index is 851. The maximum Gasteiger partial charge on any atom is 0.259 e. The van der Waals surface area contributed by atoms with Gasteiger partial charge in [-0.25, -0.2) is 4.98 Å². The number of nitrogens with one attached hydrogen (secondary N) is 1. The molecule has 0 fully saturated rings. The highest BCUT2D eigenvalue weighted by molar-refractivity contribution is 8.01. The van der Waals surface area contributed by atoms with E-state index in [9.17, 15) is 14.4 Å². The van der Waals surface area contributed by atoms with Crippen LogP contribution in [0.1, 0.15) is 16.1 Å². The Morgan fingerprint density at radius 3 is 2.74 bits per heavy atom. The smallest absolute Gasteiger partial charge is 0.259 e. The standard InChI is InChI=1S/C17H20N4O4S2/c1-10-16(26-9-13(18)22)27-17(19-10)20-15(24)11-5-4-6-12(7-11)25-8-14(23)21(2)3/h4-7H,8-9H2,1-3H3,(H2,18,22)(H,19,20,24). The number of hydrogen-bond acceptors (Lipinski definition) is 7. The Morgan fingerprint density at radius 2 is 2.07 bits per heavy atom. The number of thioether (sulfide) groups is 1. The van der Waals surface area contributed by atoms with Crippen LogP contribution in [0.2, 0.25) is 0 Å². The van der Waals surface area contributed by atoms with Crippen molar-refractivity contribution >= 4 is 46.0 Å². The second-order valence-corrected chi connectivity index (χ2v) is 7.95. The Hall–Kier alpha value is -2.59. The number of nitrogens with zero attached hydrogens (tertiary/aromatic N) is 2. The third kappa shape index (κ3) is 6.26. The Kier molecular flexibility index (Phi) is 7.19. The zero-order valence-corrected chi connectivity index (χ0v) is 16.8. The molecule has 0 aliphatic heterocycles. The molecular weight excluding hydrogens is 388 g/mol. The van der Waals surface area contributed by atoms with Gasteiger partial charge in [0.1, 0.15) is 5.75 Å². The van der Waals surface area contributed by atoms with Gasteiger partial charge in [-0.15, -0.1) is 11.8 Å². The molecule has 2 rings (SSSR count). The topological polar surface area (TPSA) is 115 Å². The zero-order chi connectivity index (χ0) is 20.0. The summed E-state index contributed by atoms with van der Waals surface area (Å²) in [6, 6.07) is 6.54. The molecule has 3 amide bonds. The van der Waals surface area contributed by atoms with Gasteiger partial charge in [0.25, 0.3) is 11.8 Å². The Balaban J connectivity index is 2.01. The molecule has 0 radical (unpaired) electrons. The van der Waals surface area contributed by atoms with E-state index in [2.05, 4.69) is 10.3 Å². The van der Waals surface area contributed by atoms with Crippen molar-refractivity contribution in [3.05, 3.63) is 35.5 Å². The van der Waals surface area contributed by atoms with Crippen LogP contribution in [-0.2, 0) is 9.59 Å². The van der Waals surface area contributed by atoms with Gasteiger partial charge in [-0.1, -0.05) is 17.4 Å². The molecule has 0 saturated heterocycles. The summed E-state index contributed by atoms with van der Waals surface area (Å²) in [5.74, 6) is -0.362. The van der Waals surface area contributed by atoms with Crippen molar-refractivity contribution in [3.8, 4) is 5.75 Å². The number of hydrogen-bond donors (Lipinski definition) is 2. The number of likely N-dealkylation sites (N-methyl/N-ethyl adjacent to an activating group) is 1. The lowest BCUT2D eigenvalue weighted by molar-refractivity contribution is -0.130. The fraction of sp³-hybridized carbons (Fsp3) is 0.294. The van der Waals surface area contributed by atoms with Gasteiger partial charge < -0.3 is 15.4 Å². The first kappa shape index (κ1) is 20.7. The lowest BCUT2D eigenvalue weighted by Gasteiger charge is -2.11. The van der Waals surface area contributed by atoms with E-state index in [0.29, 0.717) is 16.4 Å². The molecule has 0 atom stereocenters. The number of aryl methyl sites for hydroxylation is 1. The second-order valence-electron chi connectivity index (χ2n) is 5.71. The molecule has 0 aliphatic rings. The van der Waals surface area contributed by atoms with Crippen molar-refractivity contribution in [1.82, 2.24) is 9.88 Å². The largest absolute Gasteiger partial charge is 0.484 e. The second kappa shape index (κ2) is 9.38. The van der Waals surface area contributed by atoms with Crippen LogP contribution in [0.25, 0.3) is 0 Å². The highest BCUT2D eigenvalue weighted by Crippen LogP contribution is 2.32. The first-order valence-electron chi connectivity index (χ1n) is 7.89. The van der Waals surface area contributed by atoms with Crippen LogP contribution < -0.4 is 15.8 Å². The van der Waals surface area contributed by atoms with E-state index in [1.54, 1.807) is 45.3 Å². The van der Waals surface area contributed by atoms with Gasteiger partial charge in [-0.3, -0.25) is 19.7 Å². The van der Waals surface area contributed by atoms with Crippen LogP contribution in [-0.4, -0.2) is 54.1 Å². The molecule has 0 bridgehead atoms. The third-order valence-corrected chi connectivity index (χ3v) is 5.73. The number of benzene rings is 1. The number of carbonyl (C=O) groups excluding carboxylic acids is 3. The normalized spacial score (nSPS) is 10.3. The van der Waals surface area contributed by atoms with Crippen LogP contribution >= 0.6 is 23.1 Å². The van der Waals surface area contributed by atoms with Gasteiger partial charge in [0.15, 0.2) is 11.7 Å². The highest BCUT2D eigenvalue weighted by atomic mass is 32.2. The highest BCUT2D eigenvalue weighted by Gasteiger charge is 2.14. The molecule has 144 valence electrons. The maximum absolute atomic E-state index is 12.4.